The van der Waals surface area contributed by atoms with Crippen LogP contribution in [0.25, 0.3) is 11.0 Å². The molecular weight excluding hydrogens is 238 g/mol. The molecule has 4 nitrogen and oxygen atoms in total. The van der Waals surface area contributed by atoms with Crippen LogP contribution in [0.4, 0.5) is 0 Å². The molecule has 2 rings (SSSR count). The molecule has 0 aliphatic carbocycles. The van der Waals surface area contributed by atoms with Gasteiger partial charge in [0.05, 0.1) is 17.1 Å². The zero-order chi connectivity index (χ0) is 13.7. The number of fused-ring (bicyclic) bond motifs is 1. The van der Waals surface area contributed by atoms with Gasteiger partial charge in [-0.1, -0.05) is 31.9 Å². The van der Waals surface area contributed by atoms with Crippen molar-refractivity contribution in [2.45, 2.75) is 45.7 Å². The second kappa shape index (κ2) is 6.36. The van der Waals surface area contributed by atoms with Gasteiger partial charge in [-0.15, -0.1) is 0 Å². The molecule has 1 atom stereocenters. The topological polar surface area (TPSA) is 46.9 Å². The Morgan fingerprint density at radius 2 is 2.16 bits per heavy atom. The van der Waals surface area contributed by atoms with Crippen molar-refractivity contribution in [3.63, 3.8) is 0 Å². The number of amides is 1. The van der Waals surface area contributed by atoms with Crippen LogP contribution < -0.4 is 5.32 Å². The number of carbonyl (C=O) groups is 1. The first-order valence-electron chi connectivity index (χ1n) is 6.92. The third-order valence-electron chi connectivity index (χ3n) is 3.37. The summed E-state index contributed by atoms with van der Waals surface area (Å²) < 4.78 is 2.23. The lowest BCUT2D eigenvalue weighted by molar-refractivity contribution is -0.110. The summed E-state index contributed by atoms with van der Waals surface area (Å²) in [7, 11) is 0. The lowest BCUT2D eigenvalue weighted by atomic mass is 10.2. The van der Waals surface area contributed by atoms with E-state index in [2.05, 4.69) is 27.9 Å². The van der Waals surface area contributed by atoms with Crippen LogP contribution in [-0.2, 0) is 11.3 Å². The summed E-state index contributed by atoms with van der Waals surface area (Å²) in [4.78, 5) is 15.3. The summed E-state index contributed by atoms with van der Waals surface area (Å²) in [5, 5.41) is 2.79. The van der Waals surface area contributed by atoms with Gasteiger partial charge in [-0.05, 0) is 25.5 Å². The van der Waals surface area contributed by atoms with Gasteiger partial charge in [0.2, 0.25) is 6.41 Å². The first-order chi connectivity index (χ1) is 9.27. The fraction of sp³-hybridized carbons (Fsp3) is 0.467. The van der Waals surface area contributed by atoms with Gasteiger partial charge < -0.3 is 9.88 Å². The molecule has 19 heavy (non-hydrogen) atoms. The highest BCUT2D eigenvalue weighted by Gasteiger charge is 2.15. The van der Waals surface area contributed by atoms with Gasteiger partial charge >= 0.3 is 0 Å². The van der Waals surface area contributed by atoms with Crippen LogP contribution in [0.1, 0.15) is 45.0 Å². The van der Waals surface area contributed by atoms with E-state index in [4.69, 9.17) is 0 Å². The lowest BCUT2D eigenvalue weighted by Gasteiger charge is -2.13. The van der Waals surface area contributed by atoms with Crippen molar-refractivity contribution in [2.24, 2.45) is 0 Å². The van der Waals surface area contributed by atoms with Gasteiger partial charge in [-0.2, -0.15) is 0 Å². The second-order valence-corrected chi connectivity index (χ2v) is 4.82. The van der Waals surface area contributed by atoms with Crippen LogP contribution in [0.5, 0.6) is 0 Å². The fourth-order valence-corrected chi connectivity index (χ4v) is 2.36. The molecule has 0 aliphatic rings. The largest absolute Gasteiger partial charge is 0.349 e. The smallest absolute Gasteiger partial charge is 0.207 e. The molecule has 1 aromatic heterocycles. The maximum Gasteiger partial charge on any atom is 0.207 e. The number of aromatic nitrogens is 2. The lowest BCUT2D eigenvalue weighted by Crippen LogP contribution is -2.20. The molecule has 102 valence electrons. The number of carbonyl (C=O) groups excluding carboxylic acids is 1. The van der Waals surface area contributed by atoms with E-state index in [0.29, 0.717) is 0 Å². The van der Waals surface area contributed by atoms with Gasteiger partial charge in [0.1, 0.15) is 5.82 Å². The average molecular weight is 259 g/mol. The summed E-state index contributed by atoms with van der Waals surface area (Å²) in [6.07, 6.45) is 4.28. The average Bonchev–Trinajstić information content (AvgIpc) is 2.79. The number of hydrogen-bond acceptors (Lipinski definition) is 2. The molecule has 4 heteroatoms. The van der Waals surface area contributed by atoms with Gasteiger partial charge in [-0.25, -0.2) is 4.98 Å². The summed E-state index contributed by atoms with van der Waals surface area (Å²) in [6, 6.07) is 8.07. The number of rotatable bonds is 7. The third kappa shape index (κ3) is 2.95. The van der Waals surface area contributed by atoms with E-state index in [0.717, 1.165) is 36.2 Å². The van der Waals surface area contributed by atoms with E-state index in [9.17, 15) is 4.79 Å². The number of para-hydroxylation sites is 2. The molecule has 1 heterocycles. The molecule has 0 radical (unpaired) electrons. The van der Waals surface area contributed by atoms with Crippen LogP contribution in [0.15, 0.2) is 24.3 Å². The SMILES string of the molecule is CCCCCn1c(C(C)NC=O)nc2ccccc21. The van der Waals surface area contributed by atoms with Gasteiger partial charge in [-0.3, -0.25) is 4.79 Å². The van der Waals surface area contributed by atoms with E-state index in [1.165, 1.54) is 12.8 Å². The zero-order valence-electron chi connectivity index (χ0n) is 11.6. The molecule has 0 saturated heterocycles. The molecule has 1 amide bonds. The Morgan fingerprint density at radius 1 is 1.37 bits per heavy atom. The number of aryl methyl sites for hydroxylation is 1. The molecule has 2 aromatic rings. The Kier molecular flexibility index (Phi) is 4.55. The van der Waals surface area contributed by atoms with Gasteiger partial charge in [0.15, 0.2) is 0 Å². The van der Waals surface area contributed by atoms with Gasteiger partial charge in [0.25, 0.3) is 0 Å². The van der Waals surface area contributed by atoms with E-state index >= 15 is 0 Å². The Hall–Kier alpha value is -1.84. The normalized spacial score (nSPS) is 12.5. The predicted octanol–water partition coefficient (Wildman–Crippen LogP) is 3.03. The van der Waals surface area contributed by atoms with Crippen molar-refractivity contribution in [2.75, 3.05) is 0 Å². The van der Waals surface area contributed by atoms with Gasteiger partial charge in [0, 0.05) is 6.54 Å². The van der Waals surface area contributed by atoms with E-state index in [1.807, 2.05) is 25.1 Å². The van der Waals surface area contributed by atoms with E-state index in [-0.39, 0.29) is 6.04 Å². The van der Waals surface area contributed by atoms with Crippen molar-refractivity contribution in [3.8, 4) is 0 Å². The third-order valence-corrected chi connectivity index (χ3v) is 3.37. The number of nitrogens with zero attached hydrogens (tertiary/aromatic N) is 2. The van der Waals surface area contributed by atoms with E-state index in [1.54, 1.807) is 0 Å². The molecule has 0 bridgehead atoms. The van der Waals surface area contributed by atoms with Crippen LogP contribution >= 0.6 is 0 Å². The second-order valence-electron chi connectivity index (χ2n) is 4.82. The quantitative estimate of drug-likeness (QED) is 0.613. The summed E-state index contributed by atoms with van der Waals surface area (Å²) in [5.41, 5.74) is 2.14. The first kappa shape index (κ1) is 13.6. The Labute approximate surface area is 113 Å². The number of nitrogens with one attached hydrogen (secondary N) is 1. The monoisotopic (exact) mass is 259 g/mol. The maximum atomic E-state index is 10.6. The van der Waals surface area contributed by atoms with Crippen molar-refractivity contribution in [1.82, 2.24) is 14.9 Å². The minimum atomic E-state index is -0.0634. The van der Waals surface area contributed by atoms with Crippen molar-refractivity contribution >= 4 is 17.4 Å². The number of unbranched alkanes of at least 4 members (excludes halogenated alkanes) is 2. The fourth-order valence-electron chi connectivity index (χ4n) is 2.36. The predicted molar refractivity (Wildman–Crippen MR) is 76.9 cm³/mol. The van der Waals surface area contributed by atoms with Crippen molar-refractivity contribution in [3.05, 3.63) is 30.1 Å². The van der Waals surface area contributed by atoms with Crippen molar-refractivity contribution < 1.29 is 4.79 Å². The van der Waals surface area contributed by atoms with E-state index < -0.39 is 0 Å². The summed E-state index contributed by atoms with van der Waals surface area (Å²) in [6.45, 7) is 5.12. The Balaban J connectivity index is 2.36. The number of imidazole rings is 1. The molecule has 0 spiro atoms. The number of benzene rings is 1. The summed E-state index contributed by atoms with van der Waals surface area (Å²) >= 11 is 0. The first-order valence-corrected chi connectivity index (χ1v) is 6.92. The molecule has 1 aromatic carbocycles. The van der Waals surface area contributed by atoms with Crippen LogP contribution in [-0.4, -0.2) is 16.0 Å². The highest BCUT2D eigenvalue weighted by atomic mass is 16.1. The van der Waals surface area contributed by atoms with Crippen LogP contribution in [0.2, 0.25) is 0 Å². The van der Waals surface area contributed by atoms with Crippen molar-refractivity contribution in [1.29, 1.82) is 0 Å². The minimum absolute atomic E-state index is 0.0634. The molecule has 1 unspecified atom stereocenters. The molecule has 0 fully saturated rings. The summed E-state index contributed by atoms with van der Waals surface area (Å²) in [5.74, 6) is 0.935. The molecular formula is C15H21N3O. The highest BCUT2D eigenvalue weighted by Crippen LogP contribution is 2.21. The van der Waals surface area contributed by atoms with Crippen LogP contribution in [0, 0.1) is 0 Å². The van der Waals surface area contributed by atoms with Crippen LogP contribution in [0.3, 0.4) is 0 Å². The molecule has 1 N–H and O–H groups in total. The minimum Gasteiger partial charge on any atom is -0.349 e. The molecule has 0 saturated carbocycles. The molecule has 0 aliphatic heterocycles. The standard InChI is InChI=1S/C15H21N3O/c1-3-4-7-10-18-14-9-6-5-8-13(14)17-15(18)12(2)16-11-19/h5-6,8-9,11-12H,3-4,7,10H2,1-2H3,(H,16,19). The highest BCUT2D eigenvalue weighted by molar-refractivity contribution is 5.76. The Morgan fingerprint density at radius 3 is 2.89 bits per heavy atom. The maximum absolute atomic E-state index is 10.6. The zero-order valence-corrected chi connectivity index (χ0v) is 11.6. The Bertz CT molecular complexity index is 547. The number of hydrogen-bond donors (Lipinski definition) is 1.